The molecule has 0 radical (unpaired) electrons. The molecule has 27 heavy (non-hydrogen) atoms. The SMILES string of the molecule is CCNC(=O)c1ccc(CN=C(Nc2ccccc2)N2CCCCC2)cc1. The van der Waals surface area contributed by atoms with Gasteiger partial charge in [0.1, 0.15) is 0 Å². The molecule has 0 aliphatic carbocycles. The minimum atomic E-state index is -0.0349. The Morgan fingerprint density at radius 3 is 2.37 bits per heavy atom. The Morgan fingerprint density at radius 2 is 1.70 bits per heavy atom. The Bertz CT molecular complexity index is 750. The van der Waals surface area contributed by atoms with Crippen LogP contribution in [0.2, 0.25) is 0 Å². The van der Waals surface area contributed by atoms with E-state index in [1.807, 2.05) is 49.4 Å². The first kappa shape index (κ1) is 19.0. The summed E-state index contributed by atoms with van der Waals surface area (Å²) in [4.78, 5) is 19.1. The highest BCUT2D eigenvalue weighted by Gasteiger charge is 2.15. The summed E-state index contributed by atoms with van der Waals surface area (Å²) in [6.07, 6.45) is 3.70. The van der Waals surface area contributed by atoms with Crippen LogP contribution in [0, 0.1) is 0 Å². The van der Waals surface area contributed by atoms with Gasteiger partial charge in [-0.15, -0.1) is 0 Å². The van der Waals surface area contributed by atoms with Crippen molar-refractivity contribution in [1.82, 2.24) is 10.2 Å². The van der Waals surface area contributed by atoms with Crippen molar-refractivity contribution in [3.05, 3.63) is 65.7 Å². The lowest BCUT2D eigenvalue weighted by atomic mass is 10.1. The fourth-order valence-corrected chi connectivity index (χ4v) is 3.17. The van der Waals surface area contributed by atoms with E-state index in [9.17, 15) is 4.79 Å². The van der Waals surface area contributed by atoms with Gasteiger partial charge in [-0.1, -0.05) is 30.3 Å². The Labute approximate surface area is 161 Å². The average Bonchev–Trinajstić information content (AvgIpc) is 2.73. The second kappa shape index (κ2) is 9.76. The molecule has 5 nitrogen and oxygen atoms in total. The van der Waals surface area contributed by atoms with Crippen molar-refractivity contribution < 1.29 is 4.79 Å². The zero-order chi connectivity index (χ0) is 18.9. The van der Waals surface area contributed by atoms with Gasteiger partial charge in [-0.05, 0) is 56.0 Å². The van der Waals surface area contributed by atoms with Gasteiger partial charge < -0.3 is 15.5 Å². The van der Waals surface area contributed by atoms with Gasteiger partial charge in [0, 0.05) is 30.9 Å². The second-order valence-corrected chi connectivity index (χ2v) is 6.73. The first-order chi connectivity index (χ1) is 13.3. The quantitative estimate of drug-likeness (QED) is 0.625. The monoisotopic (exact) mass is 364 g/mol. The number of amides is 1. The summed E-state index contributed by atoms with van der Waals surface area (Å²) < 4.78 is 0. The molecule has 142 valence electrons. The van der Waals surface area contributed by atoms with E-state index in [2.05, 4.69) is 27.7 Å². The van der Waals surface area contributed by atoms with E-state index >= 15 is 0 Å². The van der Waals surface area contributed by atoms with Gasteiger partial charge in [0.25, 0.3) is 5.91 Å². The Balaban J connectivity index is 1.71. The number of likely N-dealkylation sites (tertiary alicyclic amines) is 1. The number of hydrogen-bond donors (Lipinski definition) is 2. The molecule has 0 aromatic heterocycles. The van der Waals surface area contributed by atoms with E-state index in [4.69, 9.17) is 4.99 Å². The maximum Gasteiger partial charge on any atom is 0.251 e. The molecule has 1 amide bonds. The van der Waals surface area contributed by atoms with Crippen LogP contribution in [0.5, 0.6) is 0 Å². The molecule has 0 spiro atoms. The van der Waals surface area contributed by atoms with E-state index < -0.39 is 0 Å². The van der Waals surface area contributed by atoms with Crippen LogP contribution in [0.1, 0.15) is 42.1 Å². The molecule has 0 atom stereocenters. The zero-order valence-corrected chi connectivity index (χ0v) is 15.9. The number of nitrogens with zero attached hydrogens (tertiary/aromatic N) is 2. The summed E-state index contributed by atoms with van der Waals surface area (Å²) in [7, 11) is 0. The molecular formula is C22H28N4O. The molecule has 2 N–H and O–H groups in total. The minimum Gasteiger partial charge on any atom is -0.352 e. The summed E-state index contributed by atoms with van der Waals surface area (Å²) in [6.45, 7) is 5.21. The van der Waals surface area contributed by atoms with Crippen LogP contribution in [0.25, 0.3) is 0 Å². The summed E-state index contributed by atoms with van der Waals surface area (Å²) in [5, 5.41) is 6.30. The topological polar surface area (TPSA) is 56.7 Å². The molecule has 1 aliphatic rings. The van der Waals surface area contributed by atoms with Crippen LogP contribution in [0.3, 0.4) is 0 Å². The van der Waals surface area contributed by atoms with Gasteiger partial charge in [0.05, 0.1) is 6.54 Å². The molecular weight excluding hydrogens is 336 g/mol. The van der Waals surface area contributed by atoms with Gasteiger partial charge in [-0.2, -0.15) is 0 Å². The van der Waals surface area contributed by atoms with Crippen molar-refractivity contribution in [2.75, 3.05) is 25.0 Å². The molecule has 1 aliphatic heterocycles. The molecule has 2 aromatic carbocycles. The molecule has 0 unspecified atom stereocenters. The van der Waals surface area contributed by atoms with Crippen molar-refractivity contribution in [3.63, 3.8) is 0 Å². The van der Waals surface area contributed by atoms with Crippen LogP contribution < -0.4 is 10.6 Å². The zero-order valence-electron chi connectivity index (χ0n) is 15.9. The lowest BCUT2D eigenvalue weighted by molar-refractivity contribution is 0.0956. The standard InChI is InChI=1S/C22H28N4O/c1-2-23-21(27)19-13-11-18(12-14-19)17-24-22(26-15-7-4-8-16-26)25-20-9-5-3-6-10-20/h3,5-6,9-14H,2,4,7-8,15-17H2,1H3,(H,23,27)(H,24,25). The Hall–Kier alpha value is -2.82. The summed E-state index contributed by atoms with van der Waals surface area (Å²) in [5.74, 6) is 0.890. The van der Waals surface area contributed by atoms with Gasteiger partial charge in [-0.25, -0.2) is 4.99 Å². The van der Waals surface area contributed by atoms with Crippen LogP contribution in [0.15, 0.2) is 59.6 Å². The van der Waals surface area contributed by atoms with E-state index in [1.165, 1.54) is 19.3 Å². The molecule has 0 bridgehead atoms. The number of para-hydroxylation sites is 1. The van der Waals surface area contributed by atoms with Gasteiger partial charge in [0.2, 0.25) is 0 Å². The molecule has 0 saturated carbocycles. The third-order valence-electron chi connectivity index (χ3n) is 4.65. The predicted octanol–water partition coefficient (Wildman–Crippen LogP) is 3.89. The number of piperidine rings is 1. The average molecular weight is 364 g/mol. The van der Waals surface area contributed by atoms with Crippen LogP contribution in [0.4, 0.5) is 5.69 Å². The largest absolute Gasteiger partial charge is 0.352 e. The van der Waals surface area contributed by atoms with E-state index in [0.717, 1.165) is 30.3 Å². The van der Waals surface area contributed by atoms with Gasteiger partial charge in [0.15, 0.2) is 5.96 Å². The third-order valence-corrected chi connectivity index (χ3v) is 4.65. The number of anilines is 1. The first-order valence-corrected chi connectivity index (χ1v) is 9.75. The Morgan fingerprint density at radius 1 is 1.00 bits per heavy atom. The van der Waals surface area contributed by atoms with Crippen molar-refractivity contribution in [2.45, 2.75) is 32.7 Å². The highest BCUT2D eigenvalue weighted by molar-refractivity contribution is 5.94. The van der Waals surface area contributed by atoms with E-state index in [-0.39, 0.29) is 5.91 Å². The fraction of sp³-hybridized carbons (Fsp3) is 0.364. The van der Waals surface area contributed by atoms with Crippen molar-refractivity contribution in [3.8, 4) is 0 Å². The molecule has 5 heteroatoms. The highest BCUT2D eigenvalue weighted by atomic mass is 16.1. The number of carbonyl (C=O) groups is 1. The maximum absolute atomic E-state index is 11.9. The number of aliphatic imine (C=N–C) groups is 1. The first-order valence-electron chi connectivity index (χ1n) is 9.75. The molecule has 1 saturated heterocycles. The number of benzene rings is 2. The Kier molecular flexibility index (Phi) is 6.85. The third kappa shape index (κ3) is 5.58. The summed E-state index contributed by atoms with van der Waals surface area (Å²) in [6, 6.07) is 17.9. The second-order valence-electron chi connectivity index (χ2n) is 6.73. The smallest absolute Gasteiger partial charge is 0.251 e. The summed E-state index contributed by atoms with van der Waals surface area (Å²) in [5.41, 5.74) is 2.82. The lowest BCUT2D eigenvalue weighted by Gasteiger charge is -2.30. The maximum atomic E-state index is 11.9. The van der Waals surface area contributed by atoms with Crippen molar-refractivity contribution in [2.24, 2.45) is 4.99 Å². The molecule has 3 rings (SSSR count). The number of carbonyl (C=O) groups excluding carboxylic acids is 1. The number of rotatable bonds is 5. The van der Waals surface area contributed by atoms with E-state index in [0.29, 0.717) is 18.7 Å². The molecule has 2 aromatic rings. The van der Waals surface area contributed by atoms with Crippen LogP contribution in [-0.2, 0) is 6.54 Å². The molecule has 1 fully saturated rings. The van der Waals surface area contributed by atoms with Crippen LogP contribution >= 0.6 is 0 Å². The number of guanidine groups is 1. The predicted molar refractivity (Wildman–Crippen MR) is 111 cm³/mol. The van der Waals surface area contributed by atoms with Crippen LogP contribution in [-0.4, -0.2) is 36.4 Å². The number of hydrogen-bond acceptors (Lipinski definition) is 2. The highest BCUT2D eigenvalue weighted by Crippen LogP contribution is 2.14. The minimum absolute atomic E-state index is 0.0349. The lowest BCUT2D eigenvalue weighted by Crippen LogP contribution is -2.40. The normalized spacial score (nSPS) is 14.7. The van der Waals surface area contributed by atoms with Crippen molar-refractivity contribution in [1.29, 1.82) is 0 Å². The number of nitrogens with one attached hydrogen (secondary N) is 2. The summed E-state index contributed by atoms with van der Waals surface area (Å²) >= 11 is 0. The van der Waals surface area contributed by atoms with Gasteiger partial charge >= 0.3 is 0 Å². The van der Waals surface area contributed by atoms with E-state index in [1.54, 1.807) is 0 Å². The van der Waals surface area contributed by atoms with Crippen molar-refractivity contribution >= 4 is 17.6 Å². The van der Waals surface area contributed by atoms with Gasteiger partial charge in [-0.3, -0.25) is 4.79 Å². The fourth-order valence-electron chi connectivity index (χ4n) is 3.17. The molecule has 1 heterocycles.